The minimum absolute atomic E-state index is 0.0827. The first-order valence-electron chi connectivity index (χ1n) is 6.76. The van der Waals surface area contributed by atoms with E-state index in [4.69, 9.17) is 5.11 Å². The summed E-state index contributed by atoms with van der Waals surface area (Å²) in [5.41, 5.74) is 2.05. The molecular weight excluding hydrogens is 270 g/mol. The van der Waals surface area contributed by atoms with Crippen molar-refractivity contribution < 1.29 is 19.5 Å². The Hall–Kier alpha value is -2.43. The second-order valence-corrected chi connectivity index (χ2v) is 5.35. The summed E-state index contributed by atoms with van der Waals surface area (Å²) in [4.78, 5) is 35.9. The topological polar surface area (TPSA) is 74.7 Å². The number of carbonyl (C=O) groups is 3. The number of hydrogen-bond acceptors (Lipinski definition) is 3. The monoisotopic (exact) mass is 287 g/mol. The summed E-state index contributed by atoms with van der Waals surface area (Å²) in [5, 5.41) is 8.61. The Labute approximate surface area is 122 Å². The number of benzene rings is 1. The number of carboxylic acid groups (broad SMARTS) is 1. The molecule has 110 valence electrons. The van der Waals surface area contributed by atoms with Crippen molar-refractivity contribution in [1.82, 2.24) is 0 Å². The van der Waals surface area contributed by atoms with Crippen LogP contribution in [0.4, 0.5) is 5.69 Å². The SMILES string of the molecule is Cc1cc(C=CC(=O)O)ccc1N1C(=O)CC(C)CC1=O. The van der Waals surface area contributed by atoms with Crippen LogP contribution in [0.2, 0.25) is 0 Å². The number of nitrogens with zero attached hydrogens (tertiary/aromatic N) is 1. The third kappa shape index (κ3) is 3.37. The van der Waals surface area contributed by atoms with E-state index < -0.39 is 5.97 Å². The zero-order valence-electron chi connectivity index (χ0n) is 12.0. The number of aliphatic carboxylic acids is 1. The van der Waals surface area contributed by atoms with Gasteiger partial charge in [0.05, 0.1) is 5.69 Å². The number of imide groups is 1. The molecule has 5 heteroatoms. The van der Waals surface area contributed by atoms with Crippen LogP contribution in [0, 0.1) is 12.8 Å². The lowest BCUT2D eigenvalue weighted by Crippen LogP contribution is -2.43. The average molecular weight is 287 g/mol. The molecule has 21 heavy (non-hydrogen) atoms. The van der Waals surface area contributed by atoms with Gasteiger partial charge in [0.1, 0.15) is 0 Å². The lowest BCUT2D eigenvalue weighted by atomic mass is 9.96. The van der Waals surface area contributed by atoms with Crippen molar-refractivity contribution in [3.63, 3.8) is 0 Å². The molecule has 2 amide bonds. The van der Waals surface area contributed by atoms with Gasteiger partial charge in [-0.15, -0.1) is 0 Å². The summed E-state index contributed by atoms with van der Waals surface area (Å²) >= 11 is 0. The molecule has 0 aliphatic carbocycles. The molecule has 1 aromatic rings. The summed E-state index contributed by atoms with van der Waals surface area (Å²) in [6, 6.07) is 5.14. The van der Waals surface area contributed by atoms with Crippen LogP contribution in [0.15, 0.2) is 24.3 Å². The van der Waals surface area contributed by atoms with Crippen LogP contribution in [0.1, 0.15) is 30.9 Å². The fourth-order valence-corrected chi connectivity index (χ4v) is 2.46. The number of piperidine rings is 1. The molecule has 0 spiro atoms. The Morgan fingerprint density at radius 1 is 1.29 bits per heavy atom. The van der Waals surface area contributed by atoms with Gasteiger partial charge in [-0.2, -0.15) is 0 Å². The van der Waals surface area contributed by atoms with E-state index in [1.54, 1.807) is 25.1 Å². The van der Waals surface area contributed by atoms with Crippen LogP contribution in [0.3, 0.4) is 0 Å². The summed E-state index contributed by atoms with van der Waals surface area (Å²) in [6.07, 6.45) is 3.26. The summed E-state index contributed by atoms with van der Waals surface area (Å²) in [6.45, 7) is 3.69. The van der Waals surface area contributed by atoms with Gasteiger partial charge < -0.3 is 5.11 Å². The van der Waals surface area contributed by atoms with E-state index in [-0.39, 0.29) is 17.7 Å². The van der Waals surface area contributed by atoms with Gasteiger partial charge in [0, 0.05) is 18.9 Å². The maximum atomic E-state index is 12.1. The lowest BCUT2D eigenvalue weighted by molar-refractivity contribution is -0.132. The largest absolute Gasteiger partial charge is 0.478 e. The van der Waals surface area contributed by atoms with Gasteiger partial charge >= 0.3 is 5.97 Å². The molecule has 2 rings (SSSR count). The maximum absolute atomic E-state index is 12.1. The zero-order valence-corrected chi connectivity index (χ0v) is 12.0. The Morgan fingerprint density at radius 3 is 2.43 bits per heavy atom. The quantitative estimate of drug-likeness (QED) is 0.684. The number of carboxylic acids is 1. The number of rotatable bonds is 3. The molecule has 0 saturated carbocycles. The molecule has 1 aromatic carbocycles. The second kappa shape index (κ2) is 5.91. The zero-order chi connectivity index (χ0) is 15.6. The average Bonchev–Trinajstić information content (AvgIpc) is 2.37. The fourth-order valence-electron chi connectivity index (χ4n) is 2.46. The highest BCUT2D eigenvalue weighted by molar-refractivity contribution is 6.17. The van der Waals surface area contributed by atoms with E-state index in [9.17, 15) is 14.4 Å². The molecule has 1 N–H and O–H groups in total. The van der Waals surface area contributed by atoms with Crippen LogP contribution in [0.25, 0.3) is 6.08 Å². The molecule has 1 saturated heterocycles. The number of anilines is 1. The van der Waals surface area contributed by atoms with E-state index >= 15 is 0 Å². The van der Waals surface area contributed by atoms with Gasteiger partial charge in [0.15, 0.2) is 0 Å². The first-order chi connectivity index (χ1) is 9.88. The summed E-state index contributed by atoms with van der Waals surface area (Å²) in [7, 11) is 0. The Kier molecular flexibility index (Phi) is 4.21. The van der Waals surface area contributed by atoms with Crippen molar-refractivity contribution in [1.29, 1.82) is 0 Å². The van der Waals surface area contributed by atoms with Crippen LogP contribution in [-0.4, -0.2) is 22.9 Å². The number of aryl methyl sites for hydroxylation is 1. The Morgan fingerprint density at radius 2 is 1.90 bits per heavy atom. The van der Waals surface area contributed by atoms with Crippen LogP contribution in [0.5, 0.6) is 0 Å². The summed E-state index contributed by atoms with van der Waals surface area (Å²) < 4.78 is 0. The molecular formula is C16H17NO4. The molecule has 5 nitrogen and oxygen atoms in total. The van der Waals surface area contributed by atoms with Crippen molar-refractivity contribution in [2.45, 2.75) is 26.7 Å². The second-order valence-electron chi connectivity index (χ2n) is 5.35. The van der Waals surface area contributed by atoms with Crippen LogP contribution < -0.4 is 4.90 Å². The number of hydrogen-bond donors (Lipinski definition) is 1. The molecule has 0 unspecified atom stereocenters. The highest BCUT2D eigenvalue weighted by Crippen LogP contribution is 2.28. The third-order valence-electron chi connectivity index (χ3n) is 3.43. The molecule has 0 radical (unpaired) electrons. The highest BCUT2D eigenvalue weighted by Gasteiger charge is 2.32. The van der Waals surface area contributed by atoms with E-state index in [0.717, 1.165) is 11.6 Å². The molecule has 1 aliphatic rings. The van der Waals surface area contributed by atoms with E-state index in [0.29, 0.717) is 24.1 Å². The third-order valence-corrected chi connectivity index (χ3v) is 3.43. The van der Waals surface area contributed by atoms with Crippen molar-refractivity contribution in [2.75, 3.05) is 4.90 Å². The molecule has 0 bridgehead atoms. The molecule has 0 aromatic heterocycles. The molecule has 1 fully saturated rings. The van der Waals surface area contributed by atoms with E-state index in [2.05, 4.69) is 0 Å². The highest BCUT2D eigenvalue weighted by atomic mass is 16.4. The normalized spacial score (nSPS) is 16.8. The van der Waals surface area contributed by atoms with Crippen molar-refractivity contribution in [2.24, 2.45) is 5.92 Å². The van der Waals surface area contributed by atoms with Crippen molar-refractivity contribution in [3.8, 4) is 0 Å². The van der Waals surface area contributed by atoms with Gasteiger partial charge in [-0.3, -0.25) is 14.5 Å². The molecule has 0 atom stereocenters. The standard InChI is InChI=1S/C16H17NO4/c1-10-7-14(18)17(15(19)8-10)13-5-3-12(9-11(13)2)4-6-16(20)21/h3-6,9-10H,7-8H2,1-2H3,(H,20,21). The van der Waals surface area contributed by atoms with E-state index in [1.165, 1.54) is 11.0 Å². The van der Waals surface area contributed by atoms with Crippen LogP contribution in [-0.2, 0) is 14.4 Å². The van der Waals surface area contributed by atoms with E-state index in [1.807, 2.05) is 6.92 Å². The van der Waals surface area contributed by atoms with Gasteiger partial charge in [0.25, 0.3) is 0 Å². The maximum Gasteiger partial charge on any atom is 0.328 e. The Balaban J connectivity index is 2.30. The predicted molar refractivity (Wildman–Crippen MR) is 78.7 cm³/mol. The first-order valence-corrected chi connectivity index (χ1v) is 6.76. The lowest BCUT2D eigenvalue weighted by Gasteiger charge is -2.29. The smallest absolute Gasteiger partial charge is 0.328 e. The minimum atomic E-state index is -1.02. The number of amides is 2. The van der Waals surface area contributed by atoms with Gasteiger partial charge in [-0.05, 0) is 42.2 Å². The fraction of sp³-hybridized carbons (Fsp3) is 0.312. The predicted octanol–water partition coefficient (Wildman–Crippen LogP) is 2.38. The van der Waals surface area contributed by atoms with Crippen molar-refractivity contribution in [3.05, 3.63) is 35.4 Å². The minimum Gasteiger partial charge on any atom is -0.478 e. The van der Waals surface area contributed by atoms with Gasteiger partial charge in [-0.25, -0.2) is 4.79 Å². The molecule has 1 aliphatic heterocycles. The Bertz CT molecular complexity index is 615. The molecule has 1 heterocycles. The number of carbonyl (C=O) groups excluding carboxylic acids is 2. The van der Waals surface area contributed by atoms with Crippen molar-refractivity contribution >= 4 is 29.5 Å². The van der Waals surface area contributed by atoms with Crippen LogP contribution >= 0.6 is 0 Å². The van der Waals surface area contributed by atoms with Gasteiger partial charge in [-0.1, -0.05) is 13.0 Å². The van der Waals surface area contributed by atoms with Gasteiger partial charge in [0.2, 0.25) is 11.8 Å². The summed E-state index contributed by atoms with van der Waals surface area (Å²) in [5.74, 6) is -1.31. The first kappa shape index (κ1) is 15.0.